The Kier molecular flexibility index (Phi) is 3.43. The van der Waals surface area contributed by atoms with Gasteiger partial charge in [-0.05, 0) is 31.4 Å². The van der Waals surface area contributed by atoms with Crippen LogP contribution in [0.3, 0.4) is 0 Å². The second kappa shape index (κ2) is 4.69. The third-order valence-electron chi connectivity index (χ3n) is 3.26. The van der Waals surface area contributed by atoms with E-state index in [0.717, 1.165) is 19.6 Å². The Labute approximate surface area is 105 Å². The quantitative estimate of drug-likeness (QED) is 0.843. The first kappa shape index (κ1) is 12.4. The molecule has 1 aromatic carbocycles. The maximum absolute atomic E-state index is 3.64. The van der Waals surface area contributed by atoms with Gasteiger partial charge in [0.05, 0.1) is 0 Å². The van der Waals surface area contributed by atoms with E-state index in [-0.39, 0.29) is 5.54 Å². The molecule has 1 heterocycles. The first-order chi connectivity index (χ1) is 7.98. The van der Waals surface area contributed by atoms with Crippen LogP contribution in [0.5, 0.6) is 0 Å². The van der Waals surface area contributed by atoms with Crippen LogP contribution in [0.15, 0.2) is 24.3 Å². The standard InChI is InChI=1S/C15H24N2/c1-12(2)10-17-11-15(3,4)16-9-13-7-5-6-8-14(13)17/h5-8,12,16H,9-11H2,1-4H3. The lowest BCUT2D eigenvalue weighted by Gasteiger charge is -2.33. The van der Waals surface area contributed by atoms with E-state index in [4.69, 9.17) is 0 Å². The molecule has 17 heavy (non-hydrogen) atoms. The van der Waals surface area contributed by atoms with Gasteiger partial charge in [-0.2, -0.15) is 0 Å². The van der Waals surface area contributed by atoms with Crippen molar-refractivity contribution in [1.29, 1.82) is 0 Å². The summed E-state index contributed by atoms with van der Waals surface area (Å²) in [5, 5.41) is 3.64. The van der Waals surface area contributed by atoms with Crippen molar-refractivity contribution >= 4 is 5.69 Å². The Morgan fingerprint density at radius 2 is 2.00 bits per heavy atom. The molecule has 1 aromatic rings. The first-order valence-electron chi connectivity index (χ1n) is 6.56. The fourth-order valence-electron chi connectivity index (χ4n) is 2.53. The van der Waals surface area contributed by atoms with Crippen molar-refractivity contribution in [2.24, 2.45) is 5.92 Å². The van der Waals surface area contributed by atoms with Crippen LogP contribution in [0.1, 0.15) is 33.3 Å². The van der Waals surface area contributed by atoms with Crippen molar-refractivity contribution in [3.05, 3.63) is 29.8 Å². The summed E-state index contributed by atoms with van der Waals surface area (Å²) in [5.41, 5.74) is 2.99. The molecule has 0 unspecified atom stereocenters. The number of nitrogens with one attached hydrogen (secondary N) is 1. The highest BCUT2D eigenvalue weighted by Crippen LogP contribution is 2.26. The van der Waals surface area contributed by atoms with Crippen molar-refractivity contribution in [2.45, 2.75) is 39.8 Å². The zero-order chi connectivity index (χ0) is 12.5. The number of rotatable bonds is 2. The van der Waals surface area contributed by atoms with Crippen LogP contribution >= 0.6 is 0 Å². The van der Waals surface area contributed by atoms with Gasteiger partial charge in [0.25, 0.3) is 0 Å². The Bertz CT molecular complexity index is 382. The van der Waals surface area contributed by atoms with Crippen molar-refractivity contribution in [3.8, 4) is 0 Å². The molecule has 2 nitrogen and oxygen atoms in total. The third kappa shape index (κ3) is 3.01. The SMILES string of the molecule is CC(C)CN1CC(C)(C)NCc2ccccc21. The highest BCUT2D eigenvalue weighted by atomic mass is 15.2. The molecule has 0 fully saturated rings. The second-order valence-corrected chi connectivity index (χ2v) is 6.14. The predicted octanol–water partition coefficient (Wildman–Crippen LogP) is 3.03. The number of para-hydroxylation sites is 1. The number of anilines is 1. The van der Waals surface area contributed by atoms with E-state index in [9.17, 15) is 0 Å². The number of fused-ring (bicyclic) bond motifs is 1. The van der Waals surface area contributed by atoms with E-state index in [1.165, 1.54) is 11.3 Å². The number of hydrogen-bond acceptors (Lipinski definition) is 2. The molecule has 0 radical (unpaired) electrons. The van der Waals surface area contributed by atoms with E-state index < -0.39 is 0 Å². The largest absolute Gasteiger partial charge is 0.369 e. The number of benzene rings is 1. The van der Waals surface area contributed by atoms with Gasteiger partial charge in [0.2, 0.25) is 0 Å². The minimum atomic E-state index is 0.175. The van der Waals surface area contributed by atoms with Gasteiger partial charge in [0, 0.05) is 30.9 Å². The molecular weight excluding hydrogens is 208 g/mol. The summed E-state index contributed by atoms with van der Waals surface area (Å²) in [4.78, 5) is 2.53. The second-order valence-electron chi connectivity index (χ2n) is 6.14. The Morgan fingerprint density at radius 3 is 2.71 bits per heavy atom. The molecule has 0 amide bonds. The molecule has 1 N–H and O–H groups in total. The Balaban J connectivity index is 2.32. The van der Waals surface area contributed by atoms with Crippen LogP contribution in [-0.2, 0) is 6.54 Å². The summed E-state index contributed by atoms with van der Waals surface area (Å²) < 4.78 is 0. The van der Waals surface area contributed by atoms with E-state index >= 15 is 0 Å². The molecule has 0 aliphatic carbocycles. The Morgan fingerprint density at radius 1 is 1.29 bits per heavy atom. The van der Waals surface area contributed by atoms with Gasteiger partial charge < -0.3 is 10.2 Å². The topological polar surface area (TPSA) is 15.3 Å². The van der Waals surface area contributed by atoms with Crippen LogP contribution in [0.25, 0.3) is 0 Å². The molecule has 0 atom stereocenters. The van der Waals surface area contributed by atoms with Gasteiger partial charge in [0.15, 0.2) is 0 Å². The fraction of sp³-hybridized carbons (Fsp3) is 0.600. The fourth-order valence-corrected chi connectivity index (χ4v) is 2.53. The van der Waals surface area contributed by atoms with Gasteiger partial charge in [-0.3, -0.25) is 0 Å². The Hall–Kier alpha value is -1.02. The number of hydrogen-bond donors (Lipinski definition) is 1. The van der Waals surface area contributed by atoms with E-state index in [0.29, 0.717) is 5.92 Å². The van der Waals surface area contributed by atoms with Gasteiger partial charge >= 0.3 is 0 Å². The van der Waals surface area contributed by atoms with E-state index in [1.54, 1.807) is 0 Å². The molecule has 2 heteroatoms. The molecule has 0 bridgehead atoms. The molecule has 0 saturated carbocycles. The van der Waals surface area contributed by atoms with Gasteiger partial charge in [-0.25, -0.2) is 0 Å². The van der Waals surface area contributed by atoms with E-state index in [2.05, 4.69) is 62.2 Å². The first-order valence-corrected chi connectivity index (χ1v) is 6.56. The zero-order valence-electron chi connectivity index (χ0n) is 11.5. The molecule has 0 aromatic heterocycles. The summed E-state index contributed by atoms with van der Waals surface area (Å²) in [6.07, 6.45) is 0. The van der Waals surface area contributed by atoms with E-state index in [1.807, 2.05) is 0 Å². The molecule has 1 aliphatic rings. The molecule has 94 valence electrons. The zero-order valence-corrected chi connectivity index (χ0v) is 11.5. The lowest BCUT2D eigenvalue weighted by Crippen LogP contribution is -2.47. The maximum atomic E-state index is 3.64. The monoisotopic (exact) mass is 232 g/mol. The van der Waals surface area contributed by atoms with Gasteiger partial charge in [-0.1, -0.05) is 32.0 Å². The average molecular weight is 232 g/mol. The molecule has 2 rings (SSSR count). The predicted molar refractivity (Wildman–Crippen MR) is 74.4 cm³/mol. The average Bonchev–Trinajstić information content (AvgIpc) is 2.36. The summed E-state index contributed by atoms with van der Waals surface area (Å²) >= 11 is 0. The van der Waals surface area contributed by atoms with Crippen molar-refractivity contribution < 1.29 is 0 Å². The molecule has 1 aliphatic heterocycles. The highest BCUT2D eigenvalue weighted by Gasteiger charge is 2.26. The third-order valence-corrected chi connectivity index (χ3v) is 3.26. The smallest absolute Gasteiger partial charge is 0.0412 e. The number of nitrogens with zero attached hydrogens (tertiary/aromatic N) is 1. The van der Waals surface area contributed by atoms with Crippen LogP contribution in [0.4, 0.5) is 5.69 Å². The molecular formula is C15H24N2. The summed E-state index contributed by atoms with van der Waals surface area (Å²) in [6.45, 7) is 12.3. The van der Waals surface area contributed by atoms with Crippen LogP contribution in [0.2, 0.25) is 0 Å². The molecule has 0 saturated heterocycles. The molecule has 0 spiro atoms. The van der Waals surface area contributed by atoms with Gasteiger partial charge in [-0.15, -0.1) is 0 Å². The lowest BCUT2D eigenvalue weighted by molar-refractivity contribution is 0.390. The van der Waals surface area contributed by atoms with Gasteiger partial charge in [0.1, 0.15) is 0 Å². The lowest BCUT2D eigenvalue weighted by atomic mass is 10.0. The minimum Gasteiger partial charge on any atom is -0.369 e. The van der Waals surface area contributed by atoms with Crippen LogP contribution < -0.4 is 10.2 Å². The summed E-state index contributed by atoms with van der Waals surface area (Å²) in [7, 11) is 0. The van der Waals surface area contributed by atoms with Crippen molar-refractivity contribution in [2.75, 3.05) is 18.0 Å². The summed E-state index contributed by atoms with van der Waals surface area (Å²) in [5.74, 6) is 0.692. The van der Waals surface area contributed by atoms with Crippen molar-refractivity contribution in [1.82, 2.24) is 5.32 Å². The van der Waals surface area contributed by atoms with Crippen molar-refractivity contribution in [3.63, 3.8) is 0 Å². The van der Waals surface area contributed by atoms with Crippen LogP contribution in [-0.4, -0.2) is 18.6 Å². The maximum Gasteiger partial charge on any atom is 0.0412 e. The summed E-state index contributed by atoms with van der Waals surface area (Å²) in [6, 6.07) is 8.76. The minimum absolute atomic E-state index is 0.175. The highest BCUT2D eigenvalue weighted by molar-refractivity contribution is 5.55. The van der Waals surface area contributed by atoms with Crippen LogP contribution in [0, 0.1) is 5.92 Å². The normalized spacial score (nSPS) is 19.0.